The summed E-state index contributed by atoms with van der Waals surface area (Å²) in [6.07, 6.45) is 3.94. The molecule has 3 N–H and O–H groups in total. The van der Waals surface area contributed by atoms with Crippen LogP contribution in [0.5, 0.6) is 5.75 Å². The van der Waals surface area contributed by atoms with Crippen LogP contribution in [0, 0.1) is 5.92 Å². The summed E-state index contributed by atoms with van der Waals surface area (Å²) in [4.78, 5) is 16.0. The van der Waals surface area contributed by atoms with Gasteiger partial charge in [0.1, 0.15) is 12.4 Å². The van der Waals surface area contributed by atoms with Gasteiger partial charge in [0.15, 0.2) is 5.96 Å². The Bertz CT molecular complexity index is 617. The van der Waals surface area contributed by atoms with Gasteiger partial charge in [-0.3, -0.25) is 9.79 Å². The fourth-order valence-corrected chi connectivity index (χ4v) is 2.65. The van der Waals surface area contributed by atoms with Crippen LogP contribution >= 0.6 is 24.0 Å². The second kappa shape index (κ2) is 9.84. The second-order valence-corrected chi connectivity index (χ2v) is 6.31. The molecule has 1 fully saturated rings. The van der Waals surface area contributed by atoms with Gasteiger partial charge in [0.25, 0.3) is 0 Å². The Kier molecular flexibility index (Phi) is 7.80. The van der Waals surface area contributed by atoms with Gasteiger partial charge < -0.3 is 20.7 Å². The van der Waals surface area contributed by atoms with Crippen molar-refractivity contribution in [1.82, 2.24) is 10.6 Å². The van der Waals surface area contributed by atoms with Crippen molar-refractivity contribution in [2.75, 3.05) is 31.6 Å². The first-order valence-corrected chi connectivity index (χ1v) is 8.82. The van der Waals surface area contributed by atoms with E-state index in [0.29, 0.717) is 19.6 Å². The van der Waals surface area contributed by atoms with E-state index in [1.165, 1.54) is 12.8 Å². The first-order chi connectivity index (χ1) is 11.7. The van der Waals surface area contributed by atoms with Crippen LogP contribution in [0.3, 0.4) is 0 Å². The minimum absolute atomic E-state index is 0. The molecule has 1 amide bonds. The number of nitrogens with one attached hydrogen (secondary N) is 3. The van der Waals surface area contributed by atoms with E-state index in [1.54, 1.807) is 0 Å². The molecule has 1 aliphatic carbocycles. The average Bonchev–Trinajstić information content (AvgIpc) is 3.40. The van der Waals surface area contributed by atoms with Crippen molar-refractivity contribution < 1.29 is 9.53 Å². The number of ether oxygens (including phenoxy) is 1. The van der Waals surface area contributed by atoms with Crippen molar-refractivity contribution in [2.45, 2.75) is 32.6 Å². The van der Waals surface area contributed by atoms with E-state index in [-0.39, 0.29) is 29.9 Å². The fraction of sp³-hybridized carbons (Fsp3) is 0.556. The van der Waals surface area contributed by atoms with Crippen LogP contribution in [0.15, 0.2) is 23.2 Å². The molecule has 0 bridgehead atoms. The van der Waals surface area contributed by atoms with Crippen LogP contribution < -0.4 is 20.7 Å². The summed E-state index contributed by atoms with van der Waals surface area (Å²) >= 11 is 0. The maximum absolute atomic E-state index is 11.4. The van der Waals surface area contributed by atoms with Gasteiger partial charge in [-0.1, -0.05) is 0 Å². The van der Waals surface area contributed by atoms with Crippen molar-refractivity contribution in [3.05, 3.63) is 23.8 Å². The van der Waals surface area contributed by atoms with Crippen LogP contribution in [0.25, 0.3) is 0 Å². The van der Waals surface area contributed by atoms with E-state index in [0.717, 1.165) is 48.4 Å². The zero-order valence-corrected chi connectivity index (χ0v) is 17.0. The van der Waals surface area contributed by atoms with Gasteiger partial charge in [-0.2, -0.15) is 0 Å². The minimum atomic E-state index is 0. The van der Waals surface area contributed by atoms with Gasteiger partial charge in [-0.05, 0) is 55.9 Å². The number of aryl methyl sites for hydroxylation is 1. The average molecular weight is 458 g/mol. The Balaban J connectivity index is 0.00000225. The Hall–Kier alpha value is -1.51. The van der Waals surface area contributed by atoms with E-state index < -0.39 is 0 Å². The highest BCUT2D eigenvalue weighted by atomic mass is 127. The van der Waals surface area contributed by atoms with E-state index in [1.807, 2.05) is 18.2 Å². The molecule has 3 rings (SSSR count). The molecule has 25 heavy (non-hydrogen) atoms. The Labute approximate surface area is 166 Å². The molecule has 1 saturated carbocycles. The molecule has 0 aromatic heterocycles. The number of nitrogens with zero attached hydrogens (tertiary/aromatic N) is 1. The van der Waals surface area contributed by atoms with Crippen LogP contribution in [-0.2, 0) is 11.2 Å². The summed E-state index contributed by atoms with van der Waals surface area (Å²) in [5.74, 6) is 2.57. The number of amides is 1. The van der Waals surface area contributed by atoms with Crippen LogP contribution in [0.4, 0.5) is 5.69 Å². The molecule has 1 aliphatic heterocycles. The van der Waals surface area contributed by atoms with Crippen molar-refractivity contribution in [1.29, 1.82) is 0 Å². The third-order valence-electron chi connectivity index (χ3n) is 4.18. The Morgan fingerprint density at radius 2 is 2.16 bits per heavy atom. The molecular formula is C18H27IN4O2. The third-order valence-corrected chi connectivity index (χ3v) is 4.18. The second-order valence-electron chi connectivity index (χ2n) is 6.31. The number of anilines is 1. The zero-order valence-electron chi connectivity index (χ0n) is 14.6. The highest BCUT2D eigenvalue weighted by Crippen LogP contribution is 2.28. The maximum atomic E-state index is 11.4. The molecule has 0 atom stereocenters. The van der Waals surface area contributed by atoms with E-state index >= 15 is 0 Å². The lowest BCUT2D eigenvalue weighted by Gasteiger charge is -2.18. The number of hydrogen-bond acceptors (Lipinski definition) is 3. The van der Waals surface area contributed by atoms with E-state index in [4.69, 9.17) is 4.74 Å². The molecule has 2 aliphatic rings. The summed E-state index contributed by atoms with van der Waals surface area (Å²) in [5, 5.41) is 9.43. The summed E-state index contributed by atoms with van der Waals surface area (Å²) in [6, 6.07) is 5.83. The SMILES string of the molecule is CCNC(=NCC1CC1)NCCOc1ccc2c(c1)CCC(=O)N2.I. The van der Waals surface area contributed by atoms with Crippen LogP contribution in [-0.4, -0.2) is 38.1 Å². The molecule has 1 aromatic carbocycles. The minimum Gasteiger partial charge on any atom is -0.492 e. The molecular weight excluding hydrogens is 431 g/mol. The molecule has 6 nitrogen and oxygen atoms in total. The van der Waals surface area contributed by atoms with E-state index in [2.05, 4.69) is 27.9 Å². The summed E-state index contributed by atoms with van der Waals surface area (Å²) in [6.45, 7) is 5.10. The highest BCUT2D eigenvalue weighted by Gasteiger charge is 2.20. The van der Waals surface area contributed by atoms with E-state index in [9.17, 15) is 4.79 Å². The summed E-state index contributed by atoms with van der Waals surface area (Å²) in [7, 11) is 0. The number of carbonyl (C=O) groups is 1. The van der Waals surface area contributed by atoms with Gasteiger partial charge in [0.05, 0.1) is 6.54 Å². The van der Waals surface area contributed by atoms with Crippen LogP contribution in [0.2, 0.25) is 0 Å². The first-order valence-electron chi connectivity index (χ1n) is 8.82. The quantitative estimate of drug-likeness (QED) is 0.254. The van der Waals surface area contributed by atoms with Gasteiger partial charge in [-0.15, -0.1) is 24.0 Å². The lowest BCUT2D eigenvalue weighted by atomic mass is 10.0. The number of fused-ring (bicyclic) bond motifs is 1. The molecule has 0 radical (unpaired) electrons. The topological polar surface area (TPSA) is 74.8 Å². The molecule has 1 heterocycles. The number of benzene rings is 1. The lowest BCUT2D eigenvalue weighted by Crippen LogP contribution is -2.39. The van der Waals surface area contributed by atoms with Gasteiger partial charge in [0, 0.05) is 25.2 Å². The molecule has 7 heteroatoms. The molecule has 0 spiro atoms. The van der Waals surface area contributed by atoms with Crippen molar-refractivity contribution in [3.8, 4) is 5.75 Å². The third kappa shape index (κ3) is 6.37. The number of rotatable bonds is 7. The Morgan fingerprint density at radius 3 is 2.92 bits per heavy atom. The normalized spacial score (nSPS) is 16.4. The predicted octanol–water partition coefficient (Wildman–Crippen LogP) is 2.53. The standard InChI is InChI=1S/C18H26N4O2.HI/c1-2-19-18(21-12-13-3-4-13)20-9-10-24-15-6-7-16-14(11-15)5-8-17(23)22-16;/h6-7,11,13H,2-5,8-10,12H2,1H3,(H,22,23)(H2,19,20,21);1H. The van der Waals surface area contributed by atoms with Gasteiger partial charge in [0.2, 0.25) is 5.91 Å². The fourth-order valence-electron chi connectivity index (χ4n) is 2.65. The van der Waals surface area contributed by atoms with Gasteiger partial charge >= 0.3 is 0 Å². The maximum Gasteiger partial charge on any atom is 0.224 e. The molecule has 138 valence electrons. The number of hydrogen-bond donors (Lipinski definition) is 3. The molecule has 0 unspecified atom stereocenters. The van der Waals surface area contributed by atoms with Gasteiger partial charge in [-0.25, -0.2) is 0 Å². The predicted molar refractivity (Wildman–Crippen MR) is 111 cm³/mol. The highest BCUT2D eigenvalue weighted by molar-refractivity contribution is 14.0. The first kappa shape index (κ1) is 19.8. The monoisotopic (exact) mass is 458 g/mol. The zero-order chi connectivity index (χ0) is 16.8. The van der Waals surface area contributed by atoms with Crippen molar-refractivity contribution in [3.63, 3.8) is 0 Å². The number of carbonyl (C=O) groups excluding carboxylic acids is 1. The molecule has 1 aromatic rings. The largest absolute Gasteiger partial charge is 0.492 e. The van der Waals surface area contributed by atoms with Crippen molar-refractivity contribution in [2.24, 2.45) is 10.9 Å². The Morgan fingerprint density at radius 1 is 1.32 bits per heavy atom. The van der Waals surface area contributed by atoms with Crippen molar-refractivity contribution >= 4 is 41.5 Å². The summed E-state index contributed by atoms with van der Waals surface area (Å²) < 4.78 is 5.81. The van der Waals surface area contributed by atoms with Crippen LogP contribution in [0.1, 0.15) is 31.7 Å². The molecule has 0 saturated heterocycles. The smallest absolute Gasteiger partial charge is 0.224 e. The summed E-state index contributed by atoms with van der Waals surface area (Å²) in [5.41, 5.74) is 2.04. The lowest BCUT2D eigenvalue weighted by molar-refractivity contribution is -0.116. The number of guanidine groups is 1. The number of halogens is 1. The number of aliphatic imine (C=N–C) groups is 1.